The molecule has 2 rings (SSSR count). The fourth-order valence-corrected chi connectivity index (χ4v) is 2.54. The zero-order valence-electron chi connectivity index (χ0n) is 9.78. The Hall–Kier alpha value is -1.08. The maximum atomic E-state index is 11.6. The van der Waals surface area contributed by atoms with E-state index in [1.165, 1.54) is 4.90 Å². The second-order valence-electron chi connectivity index (χ2n) is 3.83. The Bertz CT molecular complexity index is 616. The van der Waals surface area contributed by atoms with Crippen molar-refractivity contribution in [3.8, 4) is 5.75 Å². The predicted octanol–water partition coefficient (Wildman–Crippen LogP) is 3.55. The summed E-state index contributed by atoms with van der Waals surface area (Å²) in [5.74, 6) is 0.439. The first kappa shape index (κ1) is 13.4. The summed E-state index contributed by atoms with van der Waals surface area (Å²) < 4.78 is 6.08. The first-order valence-corrected chi connectivity index (χ1v) is 6.58. The quantitative estimate of drug-likeness (QED) is 0.715. The van der Waals surface area contributed by atoms with Gasteiger partial charge in [0.05, 0.1) is 8.59 Å². The van der Waals surface area contributed by atoms with Crippen LogP contribution in [0, 0.1) is 3.57 Å². The van der Waals surface area contributed by atoms with Gasteiger partial charge in [-0.3, -0.25) is 4.98 Å². The topological polar surface area (TPSA) is 42.4 Å². The van der Waals surface area contributed by atoms with Crippen molar-refractivity contribution in [2.24, 2.45) is 0 Å². The van der Waals surface area contributed by atoms with Gasteiger partial charge in [0.25, 0.3) is 0 Å². The molecule has 4 nitrogen and oxygen atoms in total. The molecule has 0 atom stereocenters. The first-order chi connectivity index (χ1) is 8.50. The van der Waals surface area contributed by atoms with Crippen LogP contribution in [-0.2, 0) is 0 Å². The van der Waals surface area contributed by atoms with Crippen molar-refractivity contribution in [2.45, 2.75) is 0 Å². The number of rotatable bonds is 1. The molecule has 0 fully saturated rings. The van der Waals surface area contributed by atoms with Gasteiger partial charge >= 0.3 is 6.09 Å². The summed E-state index contributed by atoms with van der Waals surface area (Å²) in [6, 6.07) is 5.39. The molecule has 0 unspecified atom stereocenters. The monoisotopic (exact) mass is 376 g/mol. The number of halogens is 2. The van der Waals surface area contributed by atoms with Gasteiger partial charge in [-0.15, -0.1) is 0 Å². The molecule has 0 saturated heterocycles. The fourth-order valence-electron chi connectivity index (χ4n) is 1.42. The van der Waals surface area contributed by atoms with Gasteiger partial charge in [-0.05, 0) is 40.8 Å². The minimum Gasteiger partial charge on any atom is -0.407 e. The molecule has 0 spiro atoms. The molecule has 1 heterocycles. The number of nitrogens with zero attached hydrogens (tertiary/aromatic N) is 2. The number of aromatic nitrogens is 1. The molecule has 0 aliphatic carbocycles. The highest BCUT2D eigenvalue weighted by molar-refractivity contribution is 14.1. The van der Waals surface area contributed by atoms with E-state index in [1.54, 1.807) is 32.4 Å². The number of amides is 1. The molecule has 1 aromatic heterocycles. The number of pyridine rings is 1. The third-order valence-electron chi connectivity index (χ3n) is 2.30. The van der Waals surface area contributed by atoms with E-state index >= 15 is 0 Å². The third-order valence-corrected chi connectivity index (χ3v) is 3.42. The average Bonchev–Trinajstić information content (AvgIpc) is 2.34. The van der Waals surface area contributed by atoms with E-state index in [1.807, 2.05) is 6.07 Å². The van der Waals surface area contributed by atoms with Crippen LogP contribution >= 0.6 is 34.2 Å². The van der Waals surface area contributed by atoms with Gasteiger partial charge in [-0.2, -0.15) is 0 Å². The molecule has 0 aliphatic heterocycles. The molecule has 0 saturated carbocycles. The van der Waals surface area contributed by atoms with Crippen molar-refractivity contribution in [3.63, 3.8) is 0 Å². The smallest absolute Gasteiger partial charge is 0.407 e. The summed E-state index contributed by atoms with van der Waals surface area (Å²) in [5, 5.41) is 1.35. The van der Waals surface area contributed by atoms with E-state index in [9.17, 15) is 4.79 Å². The second kappa shape index (κ2) is 5.27. The highest BCUT2D eigenvalue weighted by Gasteiger charge is 2.16. The number of hydrogen-bond donors (Lipinski definition) is 0. The summed E-state index contributed by atoms with van der Waals surface area (Å²) >= 11 is 8.21. The Morgan fingerprint density at radius 3 is 2.89 bits per heavy atom. The second-order valence-corrected chi connectivity index (χ2v) is 5.40. The van der Waals surface area contributed by atoms with Crippen LogP contribution in [0.25, 0.3) is 10.9 Å². The Morgan fingerprint density at radius 2 is 2.22 bits per heavy atom. The average molecular weight is 377 g/mol. The van der Waals surface area contributed by atoms with Gasteiger partial charge in [-0.25, -0.2) is 4.79 Å². The number of hydrogen-bond acceptors (Lipinski definition) is 3. The highest BCUT2D eigenvalue weighted by Crippen LogP contribution is 2.34. The lowest BCUT2D eigenvalue weighted by atomic mass is 10.2. The van der Waals surface area contributed by atoms with Crippen molar-refractivity contribution in [1.29, 1.82) is 0 Å². The van der Waals surface area contributed by atoms with Crippen LogP contribution in [0.15, 0.2) is 24.4 Å². The number of carbonyl (C=O) groups is 1. The van der Waals surface area contributed by atoms with Crippen LogP contribution in [0.2, 0.25) is 5.02 Å². The molecule has 0 N–H and O–H groups in total. The normalized spacial score (nSPS) is 10.4. The van der Waals surface area contributed by atoms with Crippen LogP contribution < -0.4 is 4.74 Å². The van der Waals surface area contributed by atoms with Crippen molar-refractivity contribution >= 4 is 51.2 Å². The van der Waals surface area contributed by atoms with E-state index in [-0.39, 0.29) is 0 Å². The maximum absolute atomic E-state index is 11.6. The molecule has 0 radical (unpaired) electrons. The van der Waals surface area contributed by atoms with Crippen LogP contribution in [0.4, 0.5) is 4.79 Å². The van der Waals surface area contributed by atoms with E-state index in [4.69, 9.17) is 16.3 Å². The summed E-state index contributed by atoms with van der Waals surface area (Å²) in [6.45, 7) is 0. The van der Waals surface area contributed by atoms with Crippen molar-refractivity contribution in [3.05, 3.63) is 33.0 Å². The molecule has 0 aliphatic rings. The standard InChI is InChI=1S/C12H10ClIN2O2/c1-16(2)12(17)18-11-9(14)6-8(13)7-4-3-5-15-10(7)11/h3-6H,1-2H3. The minimum absolute atomic E-state index is 0.439. The largest absolute Gasteiger partial charge is 0.414 e. The highest BCUT2D eigenvalue weighted by atomic mass is 127. The van der Waals surface area contributed by atoms with E-state index < -0.39 is 6.09 Å². The predicted molar refractivity (Wildman–Crippen MR) is 79.2 cm³/mol. The zero-order chi connectivity index (χ0) is 13.3. The summed E-state index contributed by atoms with van der Waals surface area (Å²) in [5.41, 5.74) is 0.588. The summed E-state index contributed by atoms with van der Waals surface area (Å²) in [7, 11) is 3.25. The van der Waals surface area contributed by atoms with Crippen LogP contribution in [0.1, 0.15) is 0 Å². The molecule has 94 valence electrons. The van der Waals surface area contributed by atoms with Crippen molar-refractivity contribution in [2.75, 3.05) is 14.1 Å². The lowest BCUT2D eigenvalue weighted by molar-refractivity contribution is 0.172. The first-order valence-electron chi connectivity index (χ1n) is 5.12. The third kappa shape index (κ3) is 2.51. The van der Waals surface area contributed by atoms with Gasteiger partial charge < -0.3 is 9.64 Å². The Balaban J connectivity index is 2.59. The van der Waals surface area contributed by atoms with E-state index in [0.29, 0.717) is 16.3 Å². The van der Waals surface area contributed by atoms with E-state index in [0.717, 1.165) is 8.96 Å². The van der Waals surface area contributed by atoms with Crippen LogP contribution in [-0.4, -0.2) is 30.1 Å². The van der Waals surface area contributed by atoms with E-state index in [2.05, 4.69) is 27.6 Å². The lowest BCUT2D eigenvalue weighted by Crippen LogP contribution is -2.25. The number of carbonyl (C=O) groups excluding carboxylic acids is 1. The zero-order valence-corrected chi connectivity index (χ0v) is 12.7. The minimum atomic E-state index is -0.442. The molecule has 6 heteroatoms. The van der Waals surface area contributed by atoms with Gasteiger partial charge in [0.15, 0.2) is 5.75 Å². The van der Waals surface area contributed by atoms with Gasteiger partial charge in [0.1, 0.15) is 5.52 Å². The number of ether oxygens (including phenoxy) is 1. The Labute approximate surface area is 123 Å². The number of benzene rings is 1. The van der Waals surface area contributed by atoms with Crippen LogP contribution in [0.3, 0.4) is 0 Å². The molecule has 0 bridgehead atoms. The maximum Gasteiger partial charge on any atom is 0.414 e. The van der Waals surface area contributed by atoms with Gasteiger partial charge in [0, 0.05) is 25.7 Å². The van der Waals surface area contributed by atoms with Crippen molar-refractivity contribution < 1.29 is 9.53 Å². The molecular formula is C12H10ClIN2O2. The van der Waals surface area contributed by atoms with Gasteiger partial charge in [-0.1, -0.05) is 11.6 Å². The molecule has 2 aromatic rings. The lowest BCUT2D eigenvalue weighted by Gasteiger charge is -2.13. The Morgan fingerprint density at radius 1 is 1.50 bits per heavy atom. The number of fused-ring (bicyclic) bond motifs is 1. The summed E-state index contributed by atoms with van der Waals surface area (Å²) in [6.07, 6.45) is 1.20. The molecular weight excluding hydrogens is 367 g/mol. The van der Waals surface area contributed by atoms with Gasteiger partial charge in [0.2, 0.25) is 0 Å². The van der Waals surface area contributed by atoms with Crippen LogP contribution in [0.5, 0.6) is 5.75 Å². The fraction of sp³-hybridized carbons (Fsp3) is 0.167. The summed E-state index contributed by atoms with van der Waals surface area (Å²) in [4.78, 5) is 17.2. The molecule has 1 aromatic carbocycles. The molecule has 18 heavy (non-hydrogen) atoms. The van der Waals surface area contributed by atoms with Crippen molar-refractivity contribution in [1.82, 2.24) is 9.88 Å². The Kier molecular flexibility index (Phi) is 3.91. The SMILES string of the molecule is CN(C)C(=O)Oc1c(I)cc(Cl)c2cccnc12. The molecule has 1 amide bonds.